The first-order valence-corrected chi connectivity index (χ1v) is 8.27. The summed E-state index contributed by atoms with van der Waals surface area (Å²) in [6.07, 6.45) is 0.719. The van der Waals surface area contributed by atoms with Gasteiger partial charge in [0.25, 0.3) is 0 Å². The second-order valence-electron chi connectivity index (χ2n) is 6.13. The third kappa shape index (κ3) is 5.41. The highest BCUT2D eigenvalue weighted by Crippen LogP contribution is 2.26. The van der Waals surface area contributed by atoms with Crippen molar-refractivity contribution < 1.29 is 31.8 Å². The fraction of sp³-hybridized carbons (Fsp3) is 0.368. The van der Waals surface area contributed by atoms with Gasteiger partial charge in [-0.1, -0.05) is 12.1 Å². The molecule has 0 atom stereocenters. The predicted molar refractivity (Wildman–Crippen MR) is 94.9 cm³/mol. The van der Waals surface area contributed by atoms with Crippen LogP contribution in [0.2, 0.25) is 0 Å². The number of alkyl halides is 4. The molecule has 9 heteroatoms. The molecule has 0 radical (unpaired) electrons. The van der Waals surface area contributed by atoms with Gasteiger partial charge < -0.3 is 9.47 Å². The Morgan fingerprint density at radius 2 is 2.07 bits per heavy atom. The number of carbonyl (C=O) groups is 1. The van der Waals surface area contributed by atoms with Crippen molar-refractivity contribution in [3.63, 3.8) is 0 Å². The number of rotatable bonds is 9. The minimum atomic E-state index is -4.22. The average molecular weight is 400 g/mol. The van der Waals surface area contributed by atoms with Gasteiger partial charge in [-0.3, -0.25) is 9.48 Å². The van der Waals surface area contributed by atoms with Gasteiger partial charge in [-0.05, 0) is 30.7 Å². The van der Waals surface area contributed by atoms with E-state index in [-0.39, 0.29) is 12.4 Å². The standard InChI is InChI=1S/C19H20F4N2O3/c1-12-15(9-25(2)24-12)16(26)6-4-13-5-7-17(27-3)14(8-13)10-28-11-19(22,23)18(20)21/h4-9,18H,10-11H2,1-3H3/b6-4+. The Morgan fingerprint density at radius 1 is 1.36 bits per heavy atom. The molecule has 1 aromatic carbocycles. The molecule has 0 unspecified atom stereocenters. The van der Waals surface area contributed by atoms with Crippen LogP contribution in [0.5, 0.6) is 5.75 Å². The van der Waals surface area contributed by atoms with E-state index < -0.39 is 19.0 Å². The summed E-state index contributed by atoms with van der Waals surface area (Å²) < 4.78 is 61.7. The summed E-state index contributed by atoms with van der Waals surface area (Å²) in [7, 11) is 3.09. The lowest BCUT2D eigenvalue weighted by molar-refractivity contribution is -0.168. The second kappa shape index (κ2) is 9.01. The third-order valence-electron chi connectivity index (χ3n) is 3.88. The summed E-state index contributed by atoms with van der Waals surface area (Å²) in [5.41, 5.74) is 2.04. The minimum Gasteiger partial charge on any atom is -0.496 e. The first-order valence-electron chi connectivity index (χ1n) is 8.27. The van der Waals surface area contributed by atoms with Crippen molar-refractivity contribution in [2.24, 2.45) is 7.05 Å². The summed E-state index contributed by atoms with van der Waals surface area (Å²) in [6.45, 7) is -0.0332. The Balaban J connectivity index is 2.11. The molecule has 152 valence electrons. The van der Waals surface area contributed by atoms with Crippen LogP contribution in [0.1, 0.15) is 27.2 Å². The third-order valence-corrected chi connectivity index (χ3v) is 3.88. The molecule has 0 N–H and O–H groups in total. The zero-order chi connectivity index (χ0) is 20.9. The van der Waals surface area contributed by atoms with E-state index in [4.69, 9.17) is 9.47 Å². The van der Waals surface area contributed by atoms with Crippen molar-refractivity contribution in [2.45, 2.75) is 25.9 Å². The molecule has 0 aliphatic heterocycles. The lowest BCUT2D eigenvalue weighted by Gasteiger charge is -2.16. The van der Waals surface area contributed by atoms with Crippen molar-refractivity contribution in [1.82, 2.24) is 9.78 Å². The van der Waals surface area contributed by atoms with Crippen molar-refractivity contribution in [3.8, 4) is 5.75 Å². The Kier molecular flexibility index (Phi) is 6.95. The van der Waals surface area contributed by atoms with Crippen molar-refractivity contribution in [1.29, 1.82) is 0 Å². The Morgan fingerprint density at radius 3 is 2.64 bits per heavy atom. The van der Waals surface area contributed by atoms with Crippen LogP contribution in [0.25, 0.3) is 6.08 Å². The molecule has 0 bridgehead atoms. The van der Waals surface area contributed by atoms with Crippen LogP contribution in [0.15, 0.2) is 30.5 Å². The van der Waals surface area contributed by atoms with Crippen LogP contribution in [-0.4, -0.2) is 41.6 Å². The van der Waals surface area contributed by atoms with Gasteiger partial charge in [0, 0.05) is 18.8 Å². The molecule has 2 aromatic rings. The number of ketones is 1. The van der Waals surface area contributed by atoms with Gasteiger partial charge in [0.05, 0.1) is 25.0 Å². The molecule has 1 heterocycles. The van der Waals surface area contributed by atoms with Crippen LogP contribution in [0.4, 0.5) is 17.6 Å². The topological polar surface area (TPSA) is 53.4 Å². The second-order valence-corrected chi connectivity index (χ2v) is 6.13. The number of methoxy groups -OCH3 is 1. The van der Waals surface area contributed by atoms with E-state index in [9.17, 15) is 22.4 Å². The lowest BCUT2D eigenvalue weighted by Crippen LogP contribution is -2.32. The van der Waals surface area contributed by atoms with E-state index >= 15 is 0 Å². The maximum atomic E-state index is 13.0. The van der Waals surface area contributed by atoms with E-state index in [0.717, 1.165) is 0 Å². The number of ether oxygens (including phenoxy) is 2. The van der Waals surface area contributed by atoms with E-state index in [0.29, 0.717) is 28.1 Å². The lowest BCUT2D eigenvalue weighted by atomic mass is 10.1. The molecule has 2 rings (SSSR count). The molecular formula is C19H20F4N2O3. The molecule has 0 saturated heterocycles. The number of carbonyl (C=O) groups excluding carboxylic acids is 1. The first kappa shape index (κ1) is 21.6. The molecule has 0 amide bonds. The van der Waals surface area contributed by atoms with Gasteiger partial charge in [-0.15, -0.1) is 0 Å². The van der Waals surface area contributed by atoms with Gasteiger partial charge in [-0.25, -0.2) is 8.78 Å². The SMILES string of the molecule is COc1ccc(/C=C/C(=O)c2cn(C)nc2C)cc1COCC(F)(F)C(F)F. The number of aromatic nitrogens is 2. The number of benzene rings is 1. The smallest absolute Gasteiger partial charge is 0.330 e. The number of nitrogens with zero attached hydrogens (tertiary/aromatic N) is 2. The number of hydrogen-bond donors (Lipinski definition) is 0. The number of hydrogen-bond acceptors (Lipinski definition) is 4. The fourth-order valence-corrected chi connectivity index (χ4v) is 2.48. The van der Waals surface area contributed by atoms with Crippen LogP contribution in [0, 0.1) is 6.92 Å². The summed E-state index contributed by atoms with van der Waals surface area (Å²) in [5.74, 6) is -4.11. The summed E-state index contributed by atoms with van der Waals surface area (Å²) in [4.78, 5) is 12.3. The Hall–Kier alpha value is -2.68. The molecule has 0 spiro atoms. The maximum absolute atomic E-state index is 13.0. The fourth-order valence-electron chi connectivity index (χ4n) is 2.48. The first-order chi connectivity index (χ1) is 13.1. The number of halogens is 4. The van der Waals surface area contributed by atoms with Gasteiger partial charge in [0.2, 0.25) is 0 Å². The predicted octanol–water partition coefficient (Wildman–Crippen LogP) is 4.05. The van der Waals surface area contributed by atoms with E-state index in [1.807, 2.05) is 0 Å². The van der Waals surface area contributed by atoms with E-state index in [2.05, 4.69) is 5.10 Å². The summed E-state index contributed by atoms with van der Waals surface area (Å²) in [5, 5.41) is 4.10. The van der Waals surface area contributed by atoms with Gasteiger partial charge in [0.1, 0.15) is 12.4 Å². The van der Waals surface area contributed by atoms with Crippen molar-refractivity contribution in [2.75, 3.05) is 13.7 Å². The van der Waals surface area contributed by atoms with E-state index in [1.165, 1.54) is 17.9 Å². The zero-order valence-corrected chi connectivity index (χ0v) is 15.6. The molecule has 28 heavy (non-hydrogen) atoms. The van der Waals surface area contributed by atoms with Gasteiger partial charge >= 0.3 is 12.3 Å². The number of aryl methyl sites for hydroxylation is 2. The molecule has 0 aliphatic rings. The Labute approximate surface area is 159 Å². The molecule has 0 saturated carbocycles. The minimum absolute atomic E-state index is 0.240. The van der Waals surface area contributed by atoms with Crippen molar-refractivity contribution >= 4 is 11.9 Å². The molecule has 0 fully saturated rings. The van der Waals surface area contributed by atoms with Gasteiger partial charge in [-0.2, -0.15) is 13.9 Å². The molecular weight excluding hydrogens is 380 g/mol. The van der Waals surface area contributed by atoms with E-state index in [1.54, 1.807) is 44.4 Å². The van der Waals surface area contributed by atoms with Crippen LogP contribution >= 0.6 is 0 Å². The monoisotopic (exact) mass is 400 g/mol. The van der Waals surface area contributed by atoms with Crippen LogP contribution in [-0.2, 0) is 18.4 Å². The molecule has 0 aliphatic carbocycles. The van der Waals surface area contributed by atoms with Crippen LogP contribution < -0.4 is 4.74 Å². The quantitative estimate of drug-likeness (QED) is 0.362. The highest BCUT2D eigenvalue weighted by molar-refractivity contribution is 6.07. The maximum Gasteiger partial charge on any atom is 0.330 e. The normalized spacial score (nSPS) is 12.1. The average Bonchev–Trinajstić information content (AvgIpc) is 2.98. The summed E-state index contributed by atoms with van der Waals surface area (Å²) in [6, 6.07) is 4.80. The zero-order valence-electron chi connectivity index (χ0n) is 15.6. The summed E-state index contributed by atoms with van der Waals surface area (Å²) >= 11 is 0. The Bertz CT molecular complexity index is 863. The number of allylic oxidation sites excluding steroid dienone is 1. The van der Waals surface area contributed by atoms with Crippen LogP contribution in [0.3, 0.4) is 0 Å². The highest BCUT2D eigenvalue weighted by atomic mass is 19.3. The highest BCUT2D eigenvalue weighted by Gasteiger charge is 2.40. The van der Waals surface area contributed by atoms with Crippen molar-refractivity contribution in [3.05, 3.63) is 52.9 Å². The molecule has 5 nitrogen and oxygen atoms in total. The van der Waals surface area contributed by atoms with Gasteiger partial charge in [0.15, 0.2) is 5.78 Å². The largest absolute Gasteiger partial charge is 0.496 e. The molecule has 1 aromatic heterocycles.